The van der Waals surface area contributed by atoms with E-state index in [0.29, 0.717) is 4.68 Å². The van der Waals surface area contributed by atoms with Gasteiger partial charge in [-0.05, 0) is 30.3 Å². The number of carbonyl (C=O) groups is 1. The second-order valence-corrected chi connectivity index (χ2v) is 7.27. The molecule has 0 aliphatic carbocycles. The van der Waals surface area contributed by atoms with E-state index in [1.807, 2.05) is 6.07 Å². The largest absolute Gasteiger partial charge is 0.434 e. The highest BCUT2D eigenvalue weighted by Gasteiger charge is 2.41. The fourth-order valence-electron chi connectivity index (χ4n) is 3.56. The van der Waals surface area contributed by atoms with Gasteiger partial charge >= 0.3 is 6.18 Å². The van der Waals surface area contributed by atoms with Crippen LogP contribution in [0.3, 0.4) is 0 Å². The number of carbonyl (C=O) groups excluding carboxylic acids is 1. The van der Waals surface area contributed by atoms with Crippen LogP contribution in [0.1, 0.15) is 21.6 Å². The first-order valence-electron chi connectivity index (χ1n) is 10.1. The molecule has 0 bridgehead atoms. The predicted octanol–water partition coefficient (Wildman–Crippen LogP) is 3.68. The normalized spacial score (nSPS) is 11.4. The summed E-state index contributed by atoms with van der Waals surface area (Å²) < 4.78 is 56.5. The van der Waals surface area contributed by atoms with Gasteiger partial charge in [0, 0.05) is 5.39 Å². The van der Waals surface area contributed by atoms with E-state index in [0.717, 1.165) is 23.3 Å². The molecule has 0 spiro atoms. The summed E-state index contributed by atoms with van der Waals surface area (Å²) in [5, 5.41) is 23.5. The van der Waals surface area contributed by atoms with Gasteiger partial charge in [-0.25, -0.2) is 14.6 Å². The number of nitrogens with one attached hydrogen (secondary N) is 1. The summed E-state index contributed by atoms with van der Waals surface area (Å²) in [7, 11) is 0. The summed E-state index contributed by atoms with van der Waals surface area (Å²) in [6, 6.07) is 9.58. The number of fused-ring (bicyclic) bond motifs is 1. The zero-order valence-corrected chi connectivity index (χ0v) is 17.8. The van der Waals surface area contributed by atoms with E-state index in [2.05, 4.69) is 30.6 Å². The molecule has 0 saturated carbocycles. The Bertz CT molecular complexity index is 1650. The number of amides is 1. The Labute approximate surface area is 198 Å². The lowest BCUT2D eigenvalue weighted by atomic mass is 10.1. The summed E-state index contributed by atoms with van der Waals surface area (Å²) in [5.74, 6) is -1.85. The predicted molar refractivity (Wildman–Crippen MR) is 116 cm³/mol. The highest BCUT2D eigenvalue weighted by molar-refractivity contribution is 6.05. The molecule has 4 heterocycles. The molecular formula is C22H11F4N9O. The number of pyridine rings is 2. The molecule has 1 N–H and O–H groups in total. The molecule has 5 aromatic rings. The number of aromatic nitrogens is 7. The first-order chi connectivity index (χ1) is 17.3. The van der Waals surface area contributed by atoms with Gasteiger partial charge in [-0.3, -0.25) is 4.79 Å². The third-order valence-corrected chi connectivity index (χ3v) is 5.04. The number of halogens is 4. The lowest BCUT2D eigenvalue weighted by molar-refractivity contribution is -0.143. The number of rotatable bonds is 4. The molecule has 10 nitrogen and oxygen atoms in total. The summed E-state index contributed by atoms with van der Waals surface area (Å²) in [6.45, 7) is 0. The van der Waals surface area contributed by atoms with Crippen molar-refractivity contribution in [1.29, 1.82) is 5.26 Å². The van der Waals surface area contributed by atoms with Gasteiger partial charge in [-0.2, -0.15) is 38.1 Å². The van der Waals surface area contributed by atoms with Crippen LogP contribution < -0.4 is 5.32 Å². The van der Waals surface area contributed by atoms with Crippen molar-refractivity contribution in [2.45, 2.75) is 6.18 Å². The van der Waals surface area contributed by atoms with E-state index in [-0.39, 0.29) is 33.7 Å². The zero-order valence-electron chi connectivity index (χ0n) is 17.8. The van der Waals surface area contributed by atoms with E-state index in [4.69, 9.17) is 0 Å². The van der Waals surface area contributed by atoms with Gasteiger partial charge in [-0.15, -0.1) is 4.80 Å². The second-order valence-electron chi connectivity index (χ2n) is 7.27. The summed E-state index contributed by atoms with van der Waals surface area (Å²) in [4.78, 5) is 21.7. The highest BCUT2D eigenvalue weighted by atomic mass is 19.4. The van der Waals surface area contributed by atoms with E-state index in [1.165, 1.54) is 42.7 Å². The van der Waals surface area contributed by atoms with Crippen molar-refractivity contribution in [3.63, 3.8) is 0 Å². The van der Waals surface area contributed by atoms with Gasteiger partial charge < -0.3 is 5.32 Å². The molecule has 0 aliphatic heterocycles. The van der Waals surface area contributed by atoms with Crippen LogP contribution in [-0.2, 0) is 6.18 Å². The fourth-order valence-corrected chi connectivity index (χ4v) is 3.56. The SMILES string of the molecule is N#Cc1cc(NC(=O)c2cnn(-c3cccc4nc(F)ccc34)c2C(F)(F)F)cnc1-n1nccn1. The topological polar surface area (TPSA) is 127 Å². The van der Waals surface area contributed by atoms with Gasteiger partial charge in [0.05, 0.1) is 47.2 Å². The maximum absolute atomic E-state index is 14.1. The van der Waals surface area contributed by atoms with Gasteiger partial charge in [0.25, 0.3) is 5.91 Å². The van der Waals surface area contributed by atoms with E-state index < -0.39 is 29.3 Å². The quantitative estimate of drug-likeness (QED) is 0.299. The number of benzene rings is 1. The summed E-state index contributed by atoms with van der Waals surface area (Å²) >= 11 is 0. The van der Waals surface area contributed by atoms with Crippen LogP contribution in [0, 0.1) is 17.3 Å². The highest BCUT2D eigenvalue weighted by Crippen LogP contribution is 2.35. The molecule has 5 rings (SSSR count). The van der Waals surface area contributed by atoms with Crippen LogP contribution in [0.4, 0.5) is 23.2 Å². The minimum atomic E-state index is -4.98. The first-order valence-corrected chi connectivity index (χ1v) is 10.1. The van der Waals surface area contributed by atoms with Crippen LogP contribution in [0.25, 0.3) is 22.4 Å². The Morgan fingerprint density at radius 3 is 2.56 bits per heavy atom. The zero-order chi connectivity index (χ0) is 25.4. The first kappa shape index (κ1) is 22.6. The number of nitrogens with zero attached hydrogens (tertiary/aromatic N) is 8. The van der Waals surface area contributed by atoms with Crippen LogP contribution in [-0.4, -0.2) is 40.6 Å². The minimum absolute atomic E-state index is 0.0220. The van der Waals surface area contributed by atoms with E-state index in [9.17, 15) is 27.6 Å². The Morgan fingerprint density at radius 2 is 1.83 bits per heavy atom. The fraction of sp³-hybridized carbons (Fsp3) is 0.0455. The van der Waals surface area contributed by atoms with Crippen molar-refractivity contribution in [2.24, 2.45) is 0 Å². The van der Waals surface area contributed by atoms with Crippen molar-refractivity contribution in [2.75, 3.05) is 5.32 Å². The van der Waals surface area contributed by atoms with E-state index in [1.54, 1.807) is 0 Å². The third kappa shape index (κ3) is 3.98. The van der Waals surface area contributed by atoms with Crippen LogP contribution >= 0.6 is 0 Å². The molecule has 0 fully saturated rings. The molecule has 14 heteroatoms. The molecule has 0 aliphatic rings. The Morgan fingerprint density at radius 1 is 1.06 bits per heavy atom. The van der Waals surface area contributed by atoms with Crippen LogP contribution in [0.15, 0.2) is 61.2 Å². The maximum Gasteiger partial charge on any atom is 0.434 e. The molecule has 1 amide bonds. The van der Waals surface area contributed by atoms with Crippen molar-refractivity contribution in [3.05, 3.63) is 84.0 Å². The average molecular weight is 493 g/mol. The Kier molecular flexibility index (Phi) is 5.36. The van der Waals surface area contributed by atoms with Gasteiger partial charge in [0.2, 0.25) is 5.95 Å². The molecule has 1 aromatic carbocycles. The smallest absolute Gasteiger partial charge is 0.320 e. The van der Waals surface area contributed by atoms with Gasteiger partial charge in [0.15, 0.2) is 11.5 Å². The Balaban J connectivity index is 1.55. The number of nitriles is 1. The van der Waals surface area contributed by atoms with Crippen molar-refractivity contribution in [1.82, 2.24) is 34.7 Å². The lowest BCUT2D eigenvalue weighted by Crippen LogP contribution is -2.21. The molecule has 0 unspecified atom stereocenters. The molecular weight excluding hydrogens is 482 g/mol. The molecule has 36 heavy (non-hydrogen) atoms. The number of alkyl halides is 3. The average Bonchev–Trinajstić information content (AvgIpc) is 3.54. The van der Waals surface area contributed by atoms with Crippen molar-refractivity contribution in [3.8, 4) is 17.6 Å². The van der Waals surface area contributed by atoms with Gasteiger partial charge in [0.1, 0.15) is 11.6 Å². The number of anilines is 1. The molecule has 178 valence electrons. The van der Waals surface area contributed by atoms with Crippen LogP contribution in [0.5, 0.6) is 0 Å². The Hall–Kier alpha value is -5.19. The molecule has 0 saturated heterocycles. The number of hydrogen-bond donors (Lipinski definition) is 1. The van der Waals surface area contributed by atoms with E-state index >= 15 is 0 Å². The van der Waals surface area contributed by atoms with Gasteiger partial charge in [-0.1, -0.05) is 6.07 Å². The number of hydrogen-bond acceptors (Lipinski definition) is 7. The molecule has 4 aromatic heterocycles. The second kappa shape index (κ2) is 8.55. The maximum atomic E-state index is 14.1. The third-order valence-electron chi connectivity index (χ3n) is 5.04. The summed E-state index contributed by atoms with van der Waals surface area (Å²) in [6.07, 6.45) is -0.312. The van der Waals surface area contributed by atoms with Crippen molar-refractivity contribution >= 4 is 22.5 Å². The minimum Gasteiger partial charge on any atom is -0.320 e. The molecule has 0 atom stereocenters. The van der Waals surface area contributed by atoms with Crippen molar-refractivity contribution < 1.29 is 22.4 Å². The summed E-state index contributed by atoms with van der Waals surface area (Å²) in [5.41, 5.74) is -2.10. The molecule has 0 radical (unpaired) electrons. The monoisotopic (exact) mass is 493 g/mol. The van der Waals surface area contributed by atoms with Crippen LogP contribution in [0.2, 0.25) is 0 Å². The standard InChI is InChI=1S/C22H11F4N9O/c23-18-5-4-14-16(33-18)2-1-3-17(14)34-19(22(24,25)26)15(11-31-34)21(36)32-13-8-12(9-27)20(28-10-13)35-29-6-7-30-35/h1-8,10-11H,(H,32,36). The lowest BCUT2D eigenvalue weighted by Gasteiger charge is -2.14.